The Balaban J connectivity index is 1.84. The third-order valence-electron chi connectivity index (χ3n) is 4.97. The zero-order valence-corrected chi connectivity index (χ0v) is 15.8. The van der Waals surface area contributed by atoms with E-state index in [1.54, 1.807) is 0 Å². The molecule has 2 aromatic rings. The Bertz CT molecular complexity index is 1010. The van der Waals surface area contributed by atoms with Crippen LogP contribution in [0.15, 0.2) is 42.5 Å². The van der Waals surface area contributed by atoms with Gasteiger partial charge in [-0.1, -0.05) is 17.7 Å². The summed E-state index contributed by atoms with van der Waals surface area (Å²) >= 11 is 5.79. The maximum Gasteiger partial charge on any atom is 0.437 e. The predicted octanol–water partition coefficient (Wildman–Crippen LogP) is 3.17. The third kappa shape index (κ3) is 3.31. The van der Waals surface area contributed by atoms with Crippen molar-refractivity contribution >= 4 is 23.4 Å². The number of halogens is 4. The Kier molecular flexibility index (Phi) is 4.78. The van der Waals surface area contributed by atoms with Gasteiger partial charge in [0.15, 0.2) is 17.3 Å². The Morgan fingerprint density at radius 1 is 1.13 bits per heavy atom. The molecule has 2 aliphatic heterocycles. The highest BCUT2D eigenvalue weighted by atomic mass is 35.5. The first-order valence-electron chi connectivity index (χ1n) is 8.67. The van der Waals surface area contributed by atoms with Crippen LogP contribution in [0.3, 0.4) is 0 Å². The highest BCUT2D eigenvalue weighted by Gasteiger charge is 2.66. The Labute approximate surface area is 172 Å². The van der Waals surface area contributed by atoms with Gasteiger partial charge in [0, 0.05) is 10.6 Å². The molecule has 0 unspecified atom stereocenters. The Morgan fingerprint density at radius 3 is 2.47 bits per heavy atom. The molecule has 7 nitrogen and oxygen atoms in total. The molecule has 0 aliphatic carbocycles. The summed E-state index contributed by atoms with van der Waals surface area (Å²) in [6.07, 6.45) is -5.34. The molecule has 2 aliphatic rings. The number of amides is 2. The second-order valence-corrected chi connectivity index (χ2v) is 7.24. The zero-order valence-electron chi connectivity index (χ0n) is 15.0. The number of carbonyl (C=O) groups is 2. The first-order chi connectivity index (χ1) is 14.1. The summed E-state index contributed by atoms with van der Waals surface area (Å²) in [5, 5.41) is 14.6. The van der Waals surface area contributed by atoms with Gasteiger partial charge in [-0.25, -0.2) is 4.79 Å². The van der Waals surface area contributed by atoms with Gasteiger partial charge in [-0.15, -0.1) is 0 Å². The lowest BCUT2D eigenvalue weighted by Crippen LogP contribution is -2.72. The molecule has 158 valence electrons. The second kappa shape index (κ2) is 7.06. The summed E-state index contributed by atoms with van der Waals surface area (Å²) in [5.74, 6) is -2.57. The number of benzene rings is 2. The second-order valence-electron chi connectivity index (χ2n) is 6.80. The molecule has 0 spiro atoms. The lowest BCUT2D eigenvalue weighted by molar-refractivity contribution is -0.287. The molecular weight excluding hydrogens is 429 g/mol. The van der Waals surface area contributed by atoms with Crippen LogP contribution in [0.1, 0.15) is 22.0 Å². The number of ketones is 1. The van der Waals surface area contributed by atoms with Crippen LogP contribution < -0.4 is 20.1 Å². The Morgan fingerprint density at radius 2 is 1.80 bits per heavy atom. The minimum absolute atomic E-state index is 0.0724. The van der Waals surface area contributed by atoms with Gasteiger partial charge in [-0.3, -0.25) is 4.79 Å². The van der Waals surface area contributed by atoms with Crippen LogP contribution >= 0.6 is 11.6 Å². The van der Waals surface area contributed by atoms with Crippen LogP contribution in [0.25, 0.3) is 0 Å². The van der Waals surface area contributed by atoms with Crippen molar-refractivity contribution in [2.75, 3.05) is 6.79 Å². The lowest BCUT2D eigenvalue weighted by Gasteiger charge is -2.45. The molecule has 30 heavy (non-hydrogen) atoms. The molecule has 3 N–H and O–H groups in total. The van der Waals surface area contributed by atoms with Crippen LogP contribution in [0, 0.1) is 5.92 Å². The van der Waals surface area contributed by atoms with Gasteiger partial charge in [0.05, 0.1) is 6.04 Å². The first kappa shape index (κ1) is 20.3. The number of rotatable bonds is 3. The molecule has 0 saturated carbocycles. The van der Waals surface area contributed by atoms with E-state index in [4.69, 9.17) is 21.1 Å². The van der Waals surface area contributed by atoms with E-state index in [-0.39, 0.29) is 28.7 Å². The predicted molar refractivity (Wildman–Crippen MR) is 97.3 cm³/mol. The molecule has 2 aromatic carbocycles. The summed E-state index contributed by atoms with van der Waals surface area (Å²) < 4.78 is 52.1. The summed E-state index contributed by atoms with van der Waals surface area (Å²) in [7, 11) is 0. The van der Waals surface area contributed by atoms with Gasteiger partial charge in [-0.05, 0) is 42.0 Å². The number of alkyl halides is 3. The molecule has 1 fully saturated rings. The molecule has 1 saturated heterocycles. The van der Waals surface area contributed by atoms with Crippen LogP contribution in [-0.4, -0.2) is 35.6 Å². The number of aliphatic hydroxyl groups is 1. The van der Waals surface area contributed by atoms with Crippen molar-refractivity contribution in [1.82, 2.24) is 10.6 Å². The quantitative estimate of drug-likeness (QED) is 0.634. The van der Waals surface area contributed by atoms with E-state index >= 15 is 0 Å². The molecular formula is C19H14ClF3N2O5. The number of Topliss-reactive ketones (excluding diaryl/α,β-unsaturated/α-hetero) is 1. The van der Waals surface area contributed by atoms with E-state index in [0.717, 1.165) is 0 Å². The van der Waals surface area contributed by atoms with Gasteiger partial charge in [0.25, 0.3) is 0 Å². The topological polar surface area (TPSA) is 96.9 Å². The van der Waals surface area contributed by atoms with E-state index < -0.39 is 35.7 Å². The number of nitrogens with one attached hydrogen (secondary N) is 2. The molecule has 0 aromatic heterocycles. The molecule has 0 bridgehead atoms. The van der Waals surface area contributed by atoms with Crippen LogP contribution in [0.2, 0.25) is 5.02 Å². The number of ether oxygens (including phenoxy) is 2. The number of carbonyl (C=O) groups excluding carboxylic acids is 2. The van der Waals surface area contributed by atoms with Crippen molar-refractivity contribution in [3.63, 3.8) is 0 Å². The lowest BCUT2D eigenvalue weighted by atomic mass is 9.77. The van der Waals surface area contributed by atoms with E-state index in [2.05, 4.69) is 5.32 Å². The van der Waals surface area contributed by atoms with Crippen molar-refractivity contribution in [3.8, 4) is 11.5 Å². The largest absolute Gasteiger partial charge is 0.454 e. The fraction of sp³-hybridized carbons (Fsp3) is 0.263. The fourth-order valence-corrected chi connectivity index (χ4v) is 3.64. The molecule has 0 radical (unpaired) electrons. The minimum Gasteiger partial charge on any atom is -0.454 e. The summed E-state index contributed by atoms with van der Waals surface area (Å²) in [6.45, 7) is -0.0724. The van der Waals surface area contributed by atoms with Gasteiger partial charge in [0.1, 0.15) is 5.92 Å². The number of hydrogen-bond donors (Lipinski definition) is 3. The van der Waals surface area contributed by atoms with Crippen LogP contribution in [0.4, 0.5) is 18.0 Å². The fourth-order valence-electron chi connectivity index (χ4n) is 3.52. The van der Waals surface area contributed by atoms with E-state index in [1.165, 1.54) is 47.8 Å². The molecule has 2 amide bonds. The normalized spacial score (nSPS) is 25.4. The van der Waals surface area contributed by atoms with Gasteiger partial charge in [-0.2, -0.15) is 13.2 Å². The average molecular weight is 443 g/mol. The highest BCUT2D eigenvalue weighted by Crippen LogP contribution is 2.45. The molecule has 2 heterocycles. The van der Waals surface area contributed by atoms with Crippen molar-refractivity contribution in [2.45, 2.75) is 17.9 Å². The van der Waals surface area contributed by atoms with Crippen LogP contribution in [0.5, 0.6) is 11.5 Å². The number of urea groups is 1. The van der Waals surface area contributed by atoms with Crippen molar-refractivity contribution in [1.29, 1.82) is 0 Å². The van der Waals surface area contributed by atoms with Gasteiger partial charge >= 0.3 is 12.2 Å². The molecule has 4 rings (SSSR count). The molecule has 11 heteroatoms. The van der Waals surface area contributed by atoms with Crippen molar-refractivity contribution < 1.29 is 37.3 Å². The summed E-state index contributed by atoms with van der Waals surface area (Å²) in [5.41, 5.74) is -3.80. The average Bonchev–Trinajstić information content (AvgIpc) is 3.14. The monoisotopic (exact) mass is 442 g/mol. The van der Waals surface area contributed by atoms with E-state index in [9.17, 15) is 27.9 Å². The number of hydrogen-bond acceptors (Lipinski definition) is 5. The highest BCUT2D eigenvalue weighted by molar-refractivity contribution is 6.30. The van der Waals surface area contributed by atoms with Crippen molar-refractivity contribution in [2.24, 2.45) is 5.92 Å². The van der Waals surface area contributed by atoms with Crippen molar-refractivity contribution in [3.05, 3.63) is 58.6 Å². The Hall–Kier alpha value is -2.98. The van der Waals surface area contributed by atoms with E-state index in [0.29, 0.717) is 5.75 Å². The maximum atomic E-state index is 13.9. The summed E-state index contributed by atoms with van der Waals surface area (Å²) in [6, 6.07) is 6.57. The van der Waals surface area contributed by atoms with Gasteiger partial charge in [0.2, 0.25) is 12.5 Å². The smallest absolute Gasteiger partial charge is 0.437 e. The first-order valence-corrected chi connectivity index (χ1v) is 9.05. The standard InChI is InChI=1S/C19H14ClF3N2O5/c20-11-4-1-9(2-5-11)16(26)14-15(10-3-6-12-13(7-10)30-8-29-12)24-17(27)25-18(14,28)19(21,22)23/h1-7,14-15,28H,8H2,(H2,24,25,27)/t14-,15-,18+/m1/s1. The zero-order chi connectivity index (χ0) is 21.7. The number of fused-ring (bicyclic) bond motifs is 1. The summed E-state index contributed by atoms with van der Waals surface area (Å²) in [4.78, 5) is 25.2. The van der Waals surface area contributed by atoms with Gasteiger partial charge < -0.3 is 25.2 Å². The SMILES string of the molecule is O=C1N[C@H](c2ccc3c(c2)OCO3)[C@H](C(=O)c2ccc(Cl)cc2)[C@](O)(C(F)(F)F)N1. The van der Waals surface area contributed by atoms with E-state index in [1.807, 2.05) is 0 Å². The van der Waals surface area contributed by atoms with Crippen LogP contribution in [-0.2, 0) is 0 Å². The third-order valence-corrected chi connectivity index (χ3v) is 5.23. The minimum atomic E-state index is -5.34. The molecule has 3 atom stereocenters. The maximum absolute atomic E-state index is 13.9.